The lowest BCUT2D eigenvalue weighted by atomic mass is 10.00. The van der Waals surface area contributed by atoms with E-state index in [0.717, 1.165) is 5.69 Å². The Morgan fingerprint density at radius 3 is 2.52 bits per heavy atom. The lowest BCUT2D eigenvalue weighted by Gasteiger charge is -2.17. The summed E-state index contributed by atoms with van der Waals surface area (Å²) in [5, 5.41) is 10.3. The molecule has 1 saturated heterocycles. The zero-order valence-electron chi connectivity index (χ0n) is 14.4. The molecule has 25 heavy (non-hydrogen) atoms. The highest BCUT2D eigenvalue weighted by Crippen LogP contribution is 2.26. The first-order valence-electron chi connectivity index (χ1n) is 8.21. The van der Waals surface area contributed by atoms with Gasteiger partial charge in [-0.15, -0.1) is 0 Å². The van der Waals surface area contributed by atoms with Crippen LogP contribution in [0.5, 0.6) is 11.5 Å². The topological polar surface area (TPSA) is 71.9 Å². The molecule has 0 aliphatic carbocycles. The molecular weight excluding hydrogens is 320 g/mol. The Morgan fingerprint density at radius 1 is 1.20 bits per heavy atom. The summed E-state index contributed by atoms with van der Waals surface area (Å²) in [6.45, 7) is 0.811. The Labute approximate surface area is 147 Å². The number of hydrogen-bond acceptors (Lipinski definition) is 5. The Morgan fingerprint density at radius 2 is 1.92 bits per heavy atom. The van der Waals surface area contributed by atoms with Crippen LogP contribution in [-0.2, 0) is 6.42 Å². The first kappa shape index (κ1) is 17.2. The van der Waals surface area contributed by atoms with E-state index in [4.69, 9.17) is 9.47 Å². The van der Waals surface area contributed by atoms with E-state index in [-0.39, 0.29) is 11.8 Å². The van der Waals surface area contributed by atoms with Gasteiger partial charge in [0.1, 0.15) is 11.5 Å². The number of rotatable bonds is 5. The molecule has 0 bridgehead atoms. The highest BCUT2D eigenvalue weighted by Gasteiger charge is 2.34. The monoisotopic (exact) mass is 342 g/mol. The van der Waals surface area contributed by atoms with Crippen molar-refractivity contribution in [3.63, 3.8) is 0 Å². The van der Waals surface area contributed by atoms with Crippen LogP contribution < -0.4 is 9.47 Å². The van der Waals surface area contributed by atoms with Crippen molar-refractivity contribution >= 4 is 5.91 Å². The van der Waals surface area contributed by atoms with Crippen LogP contribution in [0, 0.1) is 5.92 Å². The second-order valence-electron chi connectivity index (χ2n) is 6.16. The van der Waals surface area contributed by atoms with Crippen molar-refractivity contribution in [1.29, 1.82) is 0 Å². The number of likely N-dealkylation sites (tertiary alicyclic amines) is 1. The van der Waals surface area contributed by atoms with Gasteiger partial charge < -0.3 is 19.5 Å². The van der Waals surface area contributed by atoms with E-state index in [1.165, 1.54) is 0 Å². The maximum absolute atomic E-state index is 12.8. The number of β-amino-alcohol motifs (C(OH)–C–C–N with tert-alkyl or cyclic N) is 1. The van der Waals surface area contributed by atoms with Crippen LogP contribution in [-0.4, -0.2) is 54.3 Å². The Kier molecular flexibility index (Phi) is 5.19. The zero-order chi connectivity index (χ0) is 17.8. The quantitative estimate of drug-likeness (QED) is 0.897. The van der Waals surface area contributed by atoms with Gasteiger partial charge in [-0.2, -0.15) is 0 Å². The molecule has 0 spiro atoms. The summed E-state index contributed by atoms with van der Waals surface area (Å²) in [6, 6.07) is 10.8. The van der Waals surface area contributed by atoms with E-state index in [9.17, 15) is 9.90 Å². The van der Waals surface area contributed by atoms with Crippen molar-refractivity contribution in [2.45, 2.75) is 12.5 Å². The van der Waals surface area contributed by atoms with Gasteiger partial charge in [-0.05, 0) is 30.7 Å². The Bertz CT molecular complexity index is 713. The number of nitrogens with zero attached hydrogens (tertiary/aromatic N) is 2. The predicted octanol–water partition coefficient (Wildman–Crippen LogP) is 1.77. The van der Waals surface area contributed by atoms with E-state index in [1.54, 1.807) is 43.5 Å². The molecule has 1 aliphatic rings. The van der Waals surface area contributed by atoms with Gasteiger partial charge in [0, 0.05) is 42.5 Å². The molecule has 1 aromatic carbocycles. The fourth-order valence-electron chi connectivity index (χ4n) is 3.12. The SMILES string of the molecule is COc1cc(OC)cc(C(=O)N2CC(O)C(Cc3ccccn3)C2)c1. The largest absolute Gasteiger partial charge is 0.497 e. The third-order valence-electron chi connectivity index (χ3n) is 4.49. The third kappa shape index (κ3) is 3.91. The highest BCUT2D eigenvalue weighted by molar-refractivity contribution is 5.95. The molecule has 3 rings (SSSR count). The number of aromatic nitrogens is 1. The zero-order valence-corrected chi connectivity index (χ0v) is 14.4. The summed E-state index contributed by atoms with van der Waals surface area (Å²) in [7, 11) is 3.09. The lowest BCUT2D eigenvalue weighted by molar-refractivity contribution is 0.0764. The minimum Gasteiger partial charge on any atom is -0.497 e. The van der Waals surface area contributed by atoms with Gasteiger partial charge >= 0.3 is 0 Å². The molecule has 1 aliphatic heterocycles. The highest BCUT2D eigenvalue weighted by atomic mass is 16.5. The van der Waals surface area contributed by atoms with Gasteiger partial charge in [0.2, 0.25) is 0 Å². The van der Waals surface area contributed by atoms with E-state index in [0.29, 0.717) is 36.6 Å². The van der Waals surface area contributed by atoms with Crippen molar-refractivity contribution in [2.75, 3.05) is 27.3 Å². The van der Waals surface area contributed by atoms with E-state index >= 15 is 0 Å². The van der Waals surface area contributed by atoms with E-state index in [1.807, 2.05) is 18.2 Å². The predicted molar refractivity (Wildman–Crippen MR) is 92.9 cm³/mol. The van der Waals surface area contributed by atoms with Crippen LogP contribution in [0.1, 0.15) is 16.1 Å². The molecule has 2 heterocycles. The van der Waals surface area contributed by atoms with Crippen molar-refractivity contribution < 1.29 is 19.4 Å². The Balaban J connectivity index is 1.73. The summed E-state index contributed by atoms with van der Waals surface area (Å²) >= 11 is 0. The second kappa shape index (κ2) is 7.53. The minimum absolute atomic E-state index is 0.0219. The number of carbonyl (C=O) groups is 1. The molecule has 2 atom stereocenters. The normalized spacial score (nSPS) is 19.7. The minimum atomic E-state index is -0.557. The number of carbonyl (C=O) groups excluding carboxylic acids is 1. The van der Waals surface area contributed by atoms with Gasteiger partial charge in [0.15, 0.2) is 0 Å². The third-order valence-corrected chi connectivity index (χ3v) is 4.49. The van der Waals surface area contributed by atoms with Crippen molar-refractivity contribution in [2.24, 2.45) is 5.92 Å². The van der Waals surface area contributed by atoms with Gasteiger partial charge in [-0.3, -0.25) is 9.78 Å². The summed E-state index contributed by atoms with van der Waals surface area (Å²) in [4.78, 5) is 18.8. The Hall–Kier alpha value is -2.60. The summed E-state index contributed by atoms with van der Waals surface area (Å²) in [5.41, 5.74) is 1.41. The molecule has 132 valence electrons. The number of ether oxygens (including phenoxy) is 2. The number of aliphatic hydroxyl groups is 1. The lowest BCUT2D eigenvalue weighted by Crippen LogP contribution is -2.29. The standard InChI is InChI=1S/C19H22N2O4/c1-24-16-8-13(9-17(10-16)25-2)19(23)21-11-14(18(22)12-21)7-15-5-3-4-6-20-15/h3-6,8-10,14,18,22H,7,11-12H2,1-2H3. The number of aliphatic hydroxyl groups excluding tert-OH is 1. The first-order chi connectivity index (χ1) is 12.1. The molecule has 1 amide bonds. The van der Waals surface area contributed by atoms with E-state index < -0.39 is 6.10 Å². The van der Waals surface area contributed by atoms with E-state index in [2.05, 4.69) is 4.98 Å². The molecule has 6 nitrogen and oxygen atoms in total. The van der Waals surface area contributed by atoms with Gasteiger partial charge in [0.25, 0.3) is 5.91 Å². The second-order valence-corrected chi connectivity index (χ2v) is 6.16. The number of amides is 1. The maximum Gasteiger partial charge on any atom is 0.254 e. The van der Waals surface area contributed by atoms with Crippen molar-refractivity contribution in [1.82, 2.24) is 9.88 Å². The van der Waals surface area contributed by atoms with Crippen molar-refractivity contribution in [3.8, 4) is 11.5 Å². The van der Waals surface area contributed by atoms with Crippen LogP contribution >= 0.6 is 0 Å². The van der Waals surface area contributed by atoms with Crippen LogP contribution in [0.3, 0.4) is 0 Å². The molecule has 0 radical (unpaired) electrons. The molecule has 2 aromatic rings. The van der Waals surface area contributed by atoms with Crippen LogP contribution in [0.25, 0.3) is 0 Å². The molecular formula is C19H22N2O4. The molecule has 6 heteroatoms. The van der Waals surface area contributed by atoms with Gasteiger partial charge in [-0.1, -0.05) is 6.07 Å². The average Bonchev–Trinajstić information content (AvgIpc) is 3.01. The molecule has 1 N–H and O–H groups in total. The van der Waals surface area contributed by atoms with Crippen LogP contribution in [0.15, 0.2) is 42.6 Å². The molecule has 1 aromatic heterocycles. The average molecular weight is 342 g/mol. The van der Waals surface area contributed by atoms with Gasteiger partial charge in [-0.25, -0.2) is 0 Å². The summed E-state index contributed by atoms with van der Waals surface area (Å²) < 4.78 is 10.4. The van der Waals surface area contributed by atoms with Gasteiger partial charge in [0.05, 0.1) is 20.3 Å². The fourth-order valence-corrected chi connectivity index (χ4v) is 3.12. The number of methoxy groups -OCH3 is 2. The molecule has 2 unspecified atom stereocenters. The number of benzene rings is 1. The van der Waals surface area contributed by atoms with Crippen LogP contribution in [0.2, 0.25) is 0 Å². The van der Waals surface area contributed by atoms with Crippen molar-refractivity contribution in [3.05, 3.63) is 53.9 Å². The maximum atomic E-state index is 12.8. The number of hydrogen-bond donors (Lipinski definition) is 1. The molecule has 0 saturated carbocycles. The molecule has 1 fully saturated rings. The number of pyridine rings is 1. The van der Waals surface area contributed by atoms with Crippen LogP contribution in [0.4, 0.5) is 0 Å². The summed E-state index contributed by atoms with van der Waals surface area (Å²) in [5.74, 6) is 0.964. The fraction of sp³-hybridized carbons (Fsp3) is 0.368. The first-order valence-corrected chi connectivity index (χ1v) is 8.21. The summed E-state index contributed by atoms with van der Waals surface area (Å²) in [6.07, 6.45) is 1.83. The smallest absolute Gasteiger partial charge is 0.254 e.